The zero-order chi connectivity index (χ0) is 20.4. The summed E-state index contributed by atoms with van der Waals surface area (Å²) in [5.74, 6) is 1.28. The van der Waals surface area contributed by atoms with Crippen LogP contribution in [0.5, 0.6) is 0 Å². The van der Waals surface area contributed by atoms with E-state index in [0.29, 0.717) is 12.5 Å². The molecule has 7 nitrogen and oxygen atoms in total. The Balaban J connectivity index is 0.00000420. The summed E-state index contributed by atoms with van der Waals surface area (Å²) in [6.45, 7) is 11.5. The fourth-order valence-corrected chi connectivity index (χ4v) is 3.18. The molecule has 29 heavy (non-hydrogen) atoms. The molecule has 0 radical (unpaired) electrons. The number of hydrogen-bond acceptors (Lipinski definition) is 4. The van der Waals surface area contributed by atoms with Gasteiger partial charge in [-0.2, -0.15) is 0 Å². The number of piperidine rings is 1. The van der Waals surface area contributed by atoms with Gasteiger partial charge in [0.25, 0.3) is 0 Å². The van der Waals surface area contributed by atoms with Gasteiger partial charge >= 0.3 is 6.09 Å². The van der Waals surface area contributed by atoms with Crippen LogP contribution in [0.25, 0.3) is 0 Å². The maximum Gasteiger partial charge on any atom is 0.410 e. The molecule has 1 aliphatic rings. The first-order chi connectivity index (χ1) is 13.4. The normalized spacial score (nSPS) is 17.3. The third-order valence-electron chi connectivity index (χ3n) is 4.49. The molecular weight excluding hydrogens is 481 g/mol. The van der Waals surface area contributed by atoms with E-state index in [1.807, 2.05) is 43.9 Å². The van der Waals surface area contributed by atoms with Crippen molar-refractivity contribution in [3.8, 4) is 0 Å². The number of carbonyl (C=O) groups excluding carboxylic acids is 1. The number of ether oxygens (including phenoxy) is 1. The summed E-state index contributed by atoms with van der Waals surface area (Å²) in [4.78, 5) is 23.0. The number of likely N-dealkylation sites (tertiary alicyclic amines) is 1. The summed E-state index contributed by atoms with van der Waals surface area (Å²) >= 11 is 0. The number of aromatic nitrogens is 1. The predicted octanol–water partition coefficient (Wildman–Crippen LogP) is 3.79. The van der Waals surface area contributed by atoms with Crippen molar-refractivity contribution in [1.82, 2.24) is 20.5 Å². The van der Waals surface area contributed by atoms with Crippen LogP contribution in [-0.4, -0.2) is 53.7 Å². The van der Waals surface area contributed by atoms with E-state index >= 15 is 0 Å². The molecule has 1 aromatic heterocycles. The van der Waals surface area contributed by atoms with Gasteiger partial charge in [0.15, 0.2) is 5.96 Å². The average molecular weight is 517 g/mol. The van der Waals surface area contributed by atoms with Crippen molar-refractivity contribution in [3.63, 3.8) is 0 Å². The van der Waals surface area contributed by atoms with Crippen LogP contribution < -0.4 is 10.6 Å². The van der Waals surface area contributed by atoms with Gasteiger partial charge in [0.2, 0.25) is 0 Å². The number of pyridine rings is 1. The van der Waals surface area contributed by atoms with Crippen molar-refractivity contribution in [1.29, 1.82) is 0 Å². The number of rotatable bonds is 6. The topological polar surface area (TPSA) is 78.9 Å². The Labute approximate surface area is 192 Å². The zero-order valence-electron chi connectivity index (χ0n) is 18.1. The molecule has 1 atom stereocenters. The Morgan fingerprint density at radius 1 is 1.34 bits per heavy atom. The highest BCUT2D eigenvalue weighted by molar-refractivity contribution is 14.0. The first-order valence-corrected chi connectivity index (χ1v) is 10.3. The van der Waals surface area contributed by atoms with Gasteiger partial charge in [-0.1, -0.05) is 6.07 Å². The molecule has 1 amide bonds. The second kappa shape index (κ2) is 12.9. The fraction of sp³-hybridized carbons (Fsp3) is 0.667. The highest BCUT2D eigenvalue weighted by atomic mass is 127. The van der Waals surface area contributed by atoms with Crippen molar-refractivity contribution in [2.75, 3.05) is 26.2 Å². The van der Waals surface area contributed by atoms with E-state index in [1.165, 1.54) is 0 Å². The number of guanidine groups is 1. The second-order valence-corrected chi connectivity index (χ2v) is 8.17. The molecule has 164 valence electrons. The van der Waals surface area contributed by atoms with E-state index < -0.39 is 5.60 Å². The molecule has 2 N–H and O–H groups in total. The lowest BCUT2D eigenvalue weighted by molar-refractivity contribution is 0.0162. The summed E-state index contributed by atoms with van der Waals surface area (Å²) < 4.78 is 5.51. The van der Waals surface area contributed by atoms with Crippen LogP contribution in [0, 0.1) is 5.92 Å². The van der Waals surface area contributed by atoms with Crippen molar-refractivity contribution in [2.24, 2.45) is 10.9 Å². The van der Waals surface area contributed by atoms with E-state index in [-0.39, 0.29) is 30.1 Å². The lowest BCUT2D eigenvalue weighted by Gasteiger charge is -2.34. The minimum absolute atomic E-state index is 0. The molecule has 0 aliphatic carbocycles. The van der Waals surface area contributed by atoms with E-state index in [2.05, 4.69) is 27.5 Å². The third kappa shape index (κ3) is 10.1. The number of carbonyl (C=O) groups is 1. The minimum atomic E-state index is -0.448. The quantitative estimate of drug-likeness (QED) is 0.341. The predicted molar refractivity (Wildman–Crippen MR) is 128 cm³/mol. The Hall–Kier alpha value is -1.58. The van der Waals surface area contributed by atoms with Gasteiger partial charge in [-0.25, -0.2) is 9.79 Å². The molecule has 0 saturated carbocycles. The SMILES string of the molecule is CCNC(=NCc1ccccn1)NCCC1CCCN(C(=O)OC(C)(C)C)C1.I. The van der Waals surface area contributed by atoms with Crippen LogP contribution in [0.2, 0.25) is 0 Å². The van der Waals surface area contributed by atoms with Gasteiger partial charge in [-0.05, 0) is 65.0 Å². The lowest BCUT2D eigenvalue weighted by Crippen LogP contribution is -2.44. The van der Waals surface area contributed by atoms with E-state index in [4.69, 9.17) is 4.74 Å². The van der Waals surface area contributed by atoms with Gasteiger partial charge in [-0.3, -0.25) is 4.98 Å². The van der Waals surface area contributed by atoms with Gasteiger partial charge in [0, 0.05) is 32.4 Å². The molecule has 8 heteroatoms. The number of amides is 1. The summed E-state index contributed by atoms with van der Waals surface area (Å²) in [5, 5.41) is 6.67. The van der Waals surface area contributed by atoms with E-state index in [0.717, 1.165) is 57.1 Å². The Morgan fingerprint density at radius 3 is 2.79 bits per heavy atom. The monoisotopic (exact) mass is 517 g/mol. The number of aliphatic imine (C=N–C) groups is 1. The Bertz CT molecular complexity index is 634. The van der Waals surface area contributed by atoms with Gasteiger partial charge < -0.3 is 20.3 Å². The van der Waals surface area contributed by atoms with Crippen LogP contribution in [0.15, 0.2) is 29.4 Å². The number of nitrogens with zero attached hydrogens (tertiary/aromatic N) is 3. The van der Waals surface area contributed by atoms with Crippen LogP contribution in [0.3, 0.4) is 0 Å². The van der Waals surface area contributed by atoms with Crippen molar-refractivity contribution < 1.29 is 9.53 Å². The molecule has 0 spiro atoms. The van der Waals surface area contributed by atoms with Gasteiger partial charge in [0.1, 0.15) is 5.60 Å². The molecule has 1 fully saturated rings. The largest absolute Gasteiger partial charge is 0.444 e. The summed E-state index contributed by atoms with van der Waals surface area (Å²) in [6.07, 6.45) is 4.74. The highest BCUT2D eigenvalue weighted by Crippen LogP contribution is 2.21. The number of nitrogens with one attached hydrogen (secondary N) is 2. The number of hydrogen-bond donors (Lipinski definition) is 2. The summed E-state index contributed by atoms with van der Waals surface area (Å²) in [7, 11) is 0. The van der Waals surface area contributed by atoms with Crippen molar-refractivity contribution in [2.45, 2.75) is 59.1 Å². The molecule has 1 aliphatic heterocycles. The van der Waals surface area contributed by atoms with Crippen LogP contribution >= 0.6 is 24.0 Å². The van der Waals surface area contributed by atoms with E-state index in [1.54, 1.807) is 6.20 Å². The maximum atomic E-state index is 12.3. The molecule has 0 aromatic carbocycles. The molecule has 1 saturated heterocycles. The number of halogens is 1. The fourth-order valence-electron chi connectivity index (χ4n) is 3.18. The average Bonchev–Trinajstić information content (AvgIpc) is 2.66. The second-order valence-electron chi connectivity index (χ2n) is 8.17. The van der Waals surface area contributed by atoms with Crippen LogP contribution in [0.4, 0.5) is 4.79 Å². The molecule has 2 rings (SSSR count). The summed E-state index contributed by atoms with van der Waals surface area (Å²) in [6, 6.07) is 5.85. The Morgan fingerprint density at radius 2 is 2.14 bits per heavy atom. The standard InChI is InChI=1S/C21H35N5O2.HI/c1-5-22-19(25-15-18-10-6-7-12-23-18)24-13-11-17-9-8-14-26(16-17)20(27)28-21(2,3)4;/h6-7,10,12,17H,5,8-9,11,13-16H2,1-4H3,(H2,22,24,25);1H. The van der Waals surface area contributed by atoms with Crippen molar-refractivity contribution in [3.05, 3.63) is 30.1 Å². The van der Waals surface area contributed by atoms with Gasteiger partial charge in [0.05, 0.1) is 12.2 Å². The van der Waals surface area contributed by atoms with Gasteiger partial charge in [-0.15, -0.1) is 24.0 Å². The first kappa shape index (κ1) is 25.5. The molecule has 0 bridgehead atoms. The lowest BCUT2D eigenvalue weighted by atomic mass is 9.95. The first-order valence-electron chi connectivity index (χ1n) is 10.3. The molecule has 1 unspecified atom stereocenters. The zero-order valence-corrected chi connectivity index (χ0v) is 20.4. The Kier molecular flexibility index (Phi) is 11.3. The summed E-state index contributed by atoms with van der Waals surface area (Å²) in [5.41, 5.74) is 0.496. The smallest absolute Gasteiger partial charge is 0.410 e. The molecule has 2 heterocycles. The minimum Gasteiger partial charge on any atom is -0.444 e. The third-order valence-corrected chi connectivity index (χ3v) is 4.49. The van der Waals surface area contributed by atoms with Crippen molar-refractivity contribution >= 4 is 36.0 Å². The molecule has 1 aromatic rings. The maximum absolute atomic E-state index is 12.3. The van der Waals surface area contributed by atoms with E-state index in [9.17, 15) is 4.79 Å². The van der Waals surface area contributed by atoms with Crippen LogP contribution in [-0.2, 0) is 11.3 Å². The highest BCUT2D eigenvalue weighted by Gasteiger charge is 2.27. The molecular formula is C21H36IN5O2. The van der Waals surface area contributed by atoms with Crippen LogP contribution in [0.1, 0.15) is 52.7 Å².